The average Bonchev–Trinajstić information content (AvgIpc) is 3.04. The van der Waals surface area contributed by atoms with Crippen LogP contribution in [0.15, 0.2) is 48.8 Å². The first-order chi connectivity index (χ1) is 16.2. The van der Waals surface area contributed by atoms with E-state index in [1.54, 1.807) is 23.5 Å². The van der Waals surface area contributed by atoms with E-state index >= 15 is 0 Å². The number of benzene rings is 2. The van der Waals surface area contributed by atoms with Gasteiger partial charge < -0.3 is 4.90 Å². The van der Waals surface area contributed by atoms with Crippen LogP contribution in [0.1, 0.15) is 65.1 Å². The van der Waals surface area contributed by atoms with E-state index in [1.807, 2.05) is 23.1 Å². The highest BCUT2D eigenvalue weighted by Crippen LogP contribution is 2.32. The maximum absolute atomic E-state index is 13.1. The lowest BCUT2D eigenvalue weighted by Crippen LogP contribution is -2.41. The van der Waals surface area contributed by atoms with Crippen LogP contribution < -0.4 is 0 Å². The molecule has 2 aromatic carbocycles. The summed E-state index contributed by atoms with van der Waals surface area (Å²) in [6, 6.07) is 13.7. The van der Waals surface area contributed by atoms with Crippen LogP contribution in [0.3, 0.4) is 0 Å². The molecular formula is C28H32N4O. The molecule has 1 saturated heterocycles. The summed E-state index contributed by atoms with van der Waals surface area (Å²) in [5.74, 6) is 0.659. The lowest BCUT2D eigenvalue weighted by Gasteiger charge is -2.36. The Morgan fingerprint density at radius 1 is 0.788 bits per heavy atom. The third-order valence-corrected chi connectivity index (χ3v) is 8.13. The molecule has 0 spiro atoms. The molecule has 0 N–H and O–H groups in total. The minimum absolute atomic E-state index is 0.110. The third kappa shape index (κ3) is 4.15. The lowest BCUT2D eigenvalue weighted by molar-refractivity contribution is 0.0713. The fourth-order valence-electron chi connectivity index (χ4n) is 5.83. The van der Waals surface area contributed by atoms with E-state index in [9.17, 15) is 4.79 Å². The van der Waals surface area contributed by atoms with Gasteiger partial charge >= 0.3 is 0 Å². The topological polar surface area (TPSA) is 49.3 Å². The fraction of sp³-hybridized carbons (Fsp3) is 0.464. The molecule has 2 aliphatic heterocycles. The highest BCUT2D eigenvalue weighted by molar-refractivity contribution is 5.97. The van der Waals surface area contributed by atoms with Crippen molar-refractivity contribution < 1.29 is 4.79 Å². The van der Waals surface area contributed by atoms with Crippen molar-refractivity contribution in [2.45, 2.75) is 56.9 Å². The zero-order valence-corrected chi connectivity index (χ0v) is 19.2. The van der Waals surface area contributed by atoms with Crippen LogP contribution in [0, 0.1) is 0 Å². The van der Waals surface area contributed by atoms with Crippen LogP contribution in [-0.2, 0) is 12.8 Å². The van der Waals surface area contributed by atoms with Gasteiger partial charge in [-0.25, -0.2) is 0 Å². The summed E-state index contributed by atoms with van der Waals surface area (Å²) in [5.41, 5.74) is 6.89. The summed E-state index contributed by atoms with van der Waals surface area (Å²) in [5, 5.41) is 0. The molecule has 0 bridgehead atoms. The quantitative estimate of drug-likeness (QED) is 0.597. The monoisotopic (exact) mass is 440 g/mol. The number of aromatic nitrogens is 2. The Kier molecular flexibility index (Phi) is 5.58. The molecule has 5 heteroatoms. The lowest BCUT2D eigenvalue weighted by atomic mass is 9.86. The van der Waals surface area contributed by atoms with Crippen molar-refractivity contribution in [3.63, 3.8) is 0 Å². The average molecular weight is 441 g/mol. The van der Waals surface area contributed by atoms with Crippen LogP contribution >= 0.6 is 0 Å². The van der Waals surface area contributed by atoms with Crippen LogP contribution in [0.2, 0.25) is 0 Å². The normalized spacial score (nSPS) is 20.3. The summed E-state index contributed by atoms with van der Waals surface area (Å²) >= 11 is 0. The largest absolute Gasteiger partial charge is 0.339 e. The number of piperidine rings is 1. The Hall–Kier alpha value is -2.79. The van der Waals surface area contributed by atoms with Gasteiger partial charge in [0.2, 0.25) is 0 Å². The van der Waals surface area contributed by atoms with Crippen molar-refractivity contribution in [2.75, 3.05) is 26.2 Å². The van der Waals surface area contributed by atoms with E-state index in [-0.39, 0.29) is 5.91 Å². The van der Waals surface area contributed by atoms with Crippen LogP contribution in [0.25, 0.3) is 11.0 Å². The standard InChI is InChI=1S/C28H32N4O/c33-28(24-6-7-26-27(19-24)30-13-12-29-26)32-16-9-21(10-17-32)22-5-4-20-8-14-31(25-2-1-3-25)15-11-23(20)18-22/h4-7,12-13,18-19,21,25H,1-3,8-11,14-17H2. The minimum atomic E-state index is 0.110. The van der Waals surface area contributed by atoms with Gasteiger partial charge in [-0.05, 0) is 79.3 Å². The molecule has 1 aromatic heterocycles. The van der Waals surface area contributed by atoms with Crippen LogP contribution in [0.5, 0.6) is 0 Å². The molecule has 0 atom stereocenters. The van der Waals surface area contributed by atoms with Gasteiger partial charge in [-0.3, -0.25) is 19.7 Å². The Balaban J connectivity index is 1.10. The van der Waals surface area contributed by atoms with Crippen molar-refractivity contribution in [3.8, 4) is 0 Å². The first kappa shape index (κ1) is 20.8. The Morgan fingerprint density at radius 3 is 2.30 bits per heavy atom. The van der Waals surface area contributed by atoms with Crippen molar-refractivity contribution in [3.05, 3.63) is 71.0 Å². The number of hydrogen-bond acceptors (Lipinski definition) is 4. The Labute approximate surface area is 195 Å². The highest BCUT2D eigenvalue weighted by Gasteiger charge is 2.28. The number of carbonyl (C=O) groups excluding carboxylic acids is 1. The zero-order valence-electron chi connectivity index (χ0n) is 19.2. The number of hydrogen-bond donors (Lipinski definition) is 0. The highest BCUT2D eigenvalue weighted by atomic mass is 16.2. The molecule has 1 amide bonds. The fourth-order valence-corrected chi connectivity index (χ4v) is 5.83. The molecule has 170 valence electrons. The van der Waals surface area contributed by atoms with Gasteiger partial charge in [-0.2, -0.15) is 0 Å². The molecule has 3 aliphatic rings. The van der Waals surface area contributed by atoms with Gasteiger partial charge in [0, 0.05) is 50.2 Å². The molecular weight excluding hydrogens is 408 g/mol. The maximum Gasteiger partial charge on any atom is 0.253 e. The number of nitrogens with zero attached hydrogens (tertiary/aromatic N) is 4. The molecule has 3 aromatic rings. The van der Waals surface area contributed by atoms with E-state index in [1.165, 1.54) is 50.8 Å². The summed E-state index contributed by atoms with van der Waals surface area (Å²) in [4.78, 5) is 26.5. The van der Waals surface area contributed by atoms with E-state index in [4.69, 9.17) is 0 Å². The Morgan fingerprint density at radius 2 is 1.55 bits per heavy atom. The summed E-state index contributed by atoms with van der Waals surface area (Å²) in [6.07, 6.45) is 12.0. The molecule has 3 heterocycles. The van der Waals surface area contributed by atoms with Crippen LogP contribution in [-0.4, -0.2) is 57.9 Å². The molecule has 0 radical (unpaired) electrons. The van der Waals surface area contributed by atoms with Crippen molar-refractivity contribution in [2.24, 2.45) is 0 Å². The molecule has 33 heavy (non-hydrogen) atoms. The van der Waals surface area contributed by atoms with E-state index in [2.05, 4.69) is 33.1 Å². The molecule has 2 fully saturated rings. The number of carbonyl (C=O) groups is 1. The second kappa shape index (κ2) is 8.86. The third-order valence-electron chi connectivity index (χ3n) is 8.13. The zero-order chi connectivity index (χ0) is 22.2. The Bertz CT molecular complexity index is 1160. The predicted octanol–water partition coefficient (Wildman–Crippen LogP) is 4.60. The second-order valence-corrected chi connectivity index (χ2v) is 9.98. The van der Waals surface area contributed by atoms with Crippen LogP contribution in [0.4, 0.5) is 0 Å². The van der Waals surface area contributed by atoms with Gasteiger partial charge in [0.25, 0.3) is 5.91 Å². The van der Waals surface area contributed by atoms with E-state index < -0.39 is 0 Å². The van der Waals surface area contributed by atoms with E-state index in [0.717, 1.165) is 43.0 Å². The van der Waals surface area contributed by atoms with Crippen molar-refractivity contribution in [1.29, 1.82) is 0 Å². The van der Waals surface area contributed by atoms with Crippen molar-refractivity contribution >= 4 is 16.9 Å². The molecule has 1 aliphatic carbocycles. The van der Waals surface area contributed by atoms with Gasteiger partial charge in [0.05, 0.1) is 11.0 Å². The van der Waals surface area contributed by atoms with Crippen molar-refractivity contribution in [1.82, 2.24) is 19.8 Å². The van der Waals surface area contributed by atoms with Gasteiger partial charge in [-0.15, -0.1) is 0 Å². The smallest absolute Gasteiger partial charge is 0.253 e. The first-order valence-corrected chi connectivity index (χ1v) is 12.6. The summed E-state index contributed by atoms with van der Waals surface area (Å²) in [7, 11) is 0. The number of fused-ring (bicyclic) bond motifs is 2. The maximum atomic E-state index is 13.1. The molecule has 1 saturated carbocycles. The number of rotatable bonds is 3. The first-order valence-electron chi connectivity index (χ1n) is 12.6. The summed E-state index contributed by atoms with van der Waals surface area (Å²) in [6.45, 7) is 4.06. The number of amides is 1. The van der Waals surface area contributed by atoms with Gasteiger partial charge in [0.15, 0.2) is 0 Å². The molecule has 6 rings (SSSR count). The minimum Gasteiger partial charge on any atom is -0.339 e. The van der Waals surface area contributed by atoms with Gasteiger partial charge in [-0.1, -0.05) is 24.6 Å². The molecule has 5 nitrogen and oxygen atoms in total. The SMILES string of the molecule is O=C(c1ccc2nccnc2c1)N1CCC(c2ccc3c(c2)CCN(C2CCC2)CC3)CC1. The predicted molar refractivity (Wildman–Crippen MR) is 130 cm³/mol. The summed E-state index contributed by atoms with van der Waals surface area (Å²) < 4.78 is 0. The second-order valence-electron chi connectivity index (χ2n) is 9.98. The number of likely N-dealkylation sites (tertiary alicyclic amines) is 1. The molecule has 0 unspecified atom stereocenters. The van der Waals surface area contributed by atoms with E-state index in [0.29, 0.717) is 11.5 Å². The van der Waals surface area contributed by atoms with Gasteiger partial charge in [0.1, 0.15) is 0 Å².